The van der Waals surface area contributed by atoms with Crippen LogP contribution >= 0.6 is 0 Å². The molecular formula is C10H21B. The molecular weight excluding hydrogens is 131 g/mol. The largest absolute Gasteiger partial charge is 0.106 e. The van der Waals surface area contributed by atoms with Gasteiger partial charge in [0.25, 0.3) is 0 Å². The van der Waals surface area contributed by atoms with Crippen LogP contribution in [0.25, 0.3) is 0 Å². The summed E-state index contributed by atoms with van der Waals surface area (Å²) in [7, 11) is 2.33. The third-order valence-corrected chi connectivity index (χ3v) is 2.60. The highest BCUT2D eigenvalue weighted by atomic mass is 14.2. The fourth-order valence-electron chi connectivity index (χ4n) is 1.97. The van der Waals surface area contributed by atoms with Crippen LogP contribution in [-0.4, -0.2) is 7.85 Å². The molecule has 0 aliphatic carbocycles. The van der Waals surface area contributed by atoms with Gasteiger partial charge < -0.3 is 0 Å². The second-order valence-electron chi connectivity index (χ2n) is 3.82. The van der Waals surface area contributed by atoms with E-state index in [-0.39, 0.29) is 0 Å². The first-order valence-electron chi connectivity index (χ1n) is 4.74. The summed E-state index contributed by atoms with van der Waals surface area (Å²) in [6, 6.07) is 0. The Kier molecular flexibility index (Phi) is 5.36. The normalized spacial score (nSPS) is 16.4. The number of hydrogen-bond donors (Lipinski definition) is 0. The fraction of sp³-hybridized carbons (Fsp3) is 0.800. The minimum atomic E-state index is 0.803. The van der Waals surface area contributed by atoms with Crippen molar-refractivity contribution in [3.05, 3.63) is 12.7 Å². The molecule has 0 saturated heterocycles. The van der Waals surface area contributed by atoms with Crippen molar-refractivity contribution in [1.82, 2.24) is 0 Å². The highest BCUT2D eigenvalue weighted by Crippen LogP contribution is 2.29. The molecule has 0 heterocycles. The third kappa shape index (κ3) is 3.64. The molecule has 0 saturated carbocycles. The van der Waals surface area contributed by atoms with Crippen LogP contribution in [-0.2, 0) is 0 Å². The topological polar surface area (TPSA) is 0 Å². The van der Waals surface area contributed by atoms with E-state index in [1.807, 2.05) is 6.08 Å². The fourth-order valence-corrected chi connectivity index (χ4v) is 1.97. The van der Waals surface area contributed by atoms with Crippen molar-refractivity contribution in [2.24, 2.45) is 11.8 Å². The summed E-state index contributed by atoms with van der Waals surface area (Å²) in [6.45, 7) is 10.7. The quantitative estimate of drug-likeness (QED) is 0.419. The lowest BCUT2D eigenvalue weighted by atomic mass is 9.69. The summed E-state index contributed by atoms with van der Waals surface area (Å²) in [4.78, 5) is 0. The summed E-state index contributed by atoms with van der Waals surface area (Å²) in [5, 5.41) is 0. The van der Waals surface area contributed by atoms with Crippen LogP contribution in [0.15, 0.2) is 12.7 Å². The van der Waals surface area contributed by atoms with Crippen LogP contribution in [0.2, 0.25) is 5.82 Å². The van der Waals surface area contributed by atoms with Crippen LogP contribution in [0.1, 0.15) is 33.6 Å². The van der Waals surface area contributed by atoms with Crippen molar-refractivity contribution >= 4 is 7.85 Å². The molecule has 0 nitrogen and oxygen atoms in total. The van der Waals surface area contributed by atoms with E-state index in [0.717, 1.165) is 24.1 Å². The SMILES string of the molecule is BC(CC=C)C(CC)C(C)C. The van der Waals surface area contributed by atoms with E-state index in [2.05, 4.69) is 35.2 Å². The van der Waals surface area contributed by atoms with Gasteiger partial charge in [0, 0.05) is 0 Å². The molecule has 0 aromatic rings. The lowest BCUT2D eigenvalue weighted by Crippen LogP contribution is -2.14. The Labute approximate surface area is 72.5 Å². The van der Waals surface area contributed by atoms with Gasteiger partial charge in [-0.25, -0.2) is 0 Å². The Hall–Kier alpha value is -0.195. The average molecular weight is 152 g/mol. The van der Waals surface area contributed by atoms with E-state index in [1.165, 1.54) is 6.42 Å². The van der Waals surface area contributed by atoms with Crippen molar-refractivity contribution < 1.29 is 0 Å². The van der Waals surface area contributed by atoms with Crippen molar-refractivity contribution in [3.8, 4) is 0 Å². The van der Waals surface area contributed by atoms with Gasteiger partial charge in [-0.15, -0.1) is 6.58 Å². The van der Waals surface area contributed by atoms with E-state index in [4.69, 9.17) is 0 Å². The van der Waals surface area contributed by atoms with Gasteiger partial charge in [0.1, 0.15) is 7.85 Å². The summed E-state index contributed by atoms with van der Waals surface area (Å²) in [6.07, 6.45) is 4.50. The zero-order valence-corrected chi connectivity index (χ0v) is 8.43. The van der Waals surface area contributed by atoms with Crippen molar-refractivity contribution in [3.63, 3.8) is 0 Å². The van der Waals surface area contributed by atoms with Gasteiger partial charge in [0.2, 0.25) is 0 Å². The van der Waals surface area contributed by atoms with Crippen LogP contribution in [0, 0.1) is 11.8 Å². The molecule has 0 N–H and O–H groups in total. The van der Waals surface area contributed by atoms with E-state index >= 15 is 0 Å². The molecule has 64 valence electrons. The van der Waals surface area contributed by atoms with Gasteiger partial charge in [-0.3, -0.25) is 0 Å². The molecule has 0 fully saturated rings. The van der Waals surface area contributed by atoms with Gasteiger partial charge >= 0.3 is 0 Å². The van der Waals surface area contributed by atoms with Crippen molar-refractivity contribution in [1.29, 1.82) is 0 Å². The maximum Gasteiger partial charge on any atom is 0.106 e. The number of rotatable bonds is 5. The molecule has 0 aliphatic heterocycles. The Morgan fingerprint density at radius 3 is 2.27 bits per heavy atom. The molecule has 0 rings (SSSR count). The Morgan fingerprint density at radius 2 is 2.00 bits per heavy atom. The Bertz CT molecular complexity index is 107. The van der Waals surface area contributed by atoms with Gasteiger partial charge in [-0.05, 0) is 18.3 Å². The number of hydrogen-bond acceptors (Lipinski definition) is 0. The first-order valence-corrected chi connectivity index (χ1v) is 4.74. The highest BCUT2D eigenvalue weighted by Gasteiger charge is 2.16. The number of allylic oxidation sites excluding steroid dienone is 1. The lowest BCUT2D eigenvalue weighted by molar-refractivity contribution is 0.352. The van der Waals surface area contributed by atoms with Gasteiger partial charge in [0.15, 0.2) is 0 Å². The first-order chi connectivity index (χ1) is 5.13. The zero-order valence-electron chi connectivity index (χ0n) is 8.43. The van der Waals surface area contributed by atoms with Crippen LogP contribution in [0.5, 0.6) is 0 Å². The molecule has 0 aromatic heterocycles. The monoisotopic (exact) mass is 152 g/mol. The summed E-state index contributed by atoms with van der Waals surface area (Å²) in [5.74, 6) is 2.49. The predicted molar refractivity (Wildman–Crippen MR) is 55.7 cm³/mol. The Morgan fingerprint density at radius 1 is 1.45 bits per heavy atom. The zero-order chi connectivity index (χ0) is 8.85. The Balaban J connectivity index is 3.90. The third-order valence-electron chi connectivity index (χ3n) is 2.60. The van der Waals surface area contributed by atoms with Gasteiger partial charge in [0.05, 0.1) is 0 Å². The maximum absolute atomic E-state index is 3.78. The van der Waals surface area contributed by atoms with E-state index in [0.29, 0.717) is 0 Å². The second-order valence-corrected chi connectivity index (χ2v) is 3.82. The van der Waals surface area contributed by atoms with E-state index < -0.39 is 0 Å². The summed E-state index contributed by atoms with van der Waals surface area (Å²) < 4.78 is 0. The average Bonchev–Trinajstić information content (AvgIpc) is 1.88. The van der Waals surface area contributed by atoms with Crippen molar-refractivity contribution in [2.45, 2.75) is 39.4 Å². The molecule has 1 heteroatoms. The van der Waals surface area contributed by atoms with Gasteiger partial charge in [-0.2, -0.15) is 0 Å². The molecule has 0 aromatic carbocycles. The molecule has 11 heavy (non-hydrogen) atoms. The van der Waals surface area contributed by atoms with Crippen LogP contribution in [0.3, 0.4) is 0 Å². The van der Waals surface area contributed by atoms with Gasteiger partial charge in [-0.1, -0.05) is 39.1 Å². The highest BCUT2D eigenvalue weighted by molar-refractivity contribution is 6.11. The van der Waals surface area contributed by atoms with E-state index in [9.17, 15) is 0 Å². The van der Waals surface area contributed by atoms with Crippen LogP contribution in [0.4, 0.5) is 0 Å². The molecule has 0 amide bonds. The molecule has 0 spiro atoms. The molecule has 0 bridgehead atoms. The second kappa shape index (κ2) is 5.45. The standard InChI is InChI=1S/C10H21B/c1-5-7-10(11)9(6-2)8(3)4/h5,8-10H,1,6-7,11H2,2-4H3. The minimum absolute atomic E-state index is 0.803. The molecule has 0 radical (unpaired) electrons. The molecule has 2 unspecified atom stereocenters. The van der Waals surface area contributed by atoms with Crippen LogP contribution < -0.4 is 0 Å². The predicted octanol–water partition coefficient (Wildman–Crippen LogP) is 2.67. The first kappa shape index (κ1) is 10.8. The van der Waals surface area contributed by atoms with E-state index in [1.54, 1.807) is 0 Å². The minimum Gasteiger partial charge on any atom is -0.103 e. The smallest absolute Gasteiger partial charge is 0.103 e. The molecule has 0 aliphatic rings. The molecule has 2 atom stereocenters. The maximum atomic E-state index is 3.78. The summed E-state index contributed by atoms with van der Waals surface area (Å²) in [5.41, 5.74) is 0. The lowest BCUT2D eigenvalue weighted by Gasteiger charge is -2.25. The van der Waals surface area contributed by atoms with Crippen molar-refractivity contribution in [2.75, 3.05) is 0 Å². The summed E-state index contributed by atoms with van der Waals surface area (Å²) >= 11 is 0.